The molecule has 4 aromatic carbocycles. The van der Waals surface area contributed by atoms with Crippen molar-refractivity contribution in [3.05, 3.63) is 230 Å². The van der Waals surface area contributed by atoms with E-state index in [2.05, 4.69) is 219 Å². The third-order valence-electron chi connectivity index (χ3n) is 19.9. The summed E-state index contributed by atoms with van der Waals surface area (Å²) in [5, 5.41) is 20.2. The molecule has 5 N–H and O–H groups in total. The number of aromatic nitrogens is 7. The van der Waals surface area contributed by atoms with Crippen molar-refractivity contribution in [2.75, 3.05) is 45.8 Å². The van der Waals surface area contributed by atoms with Crippen LogP contribution in [-0.4, -0.2) is 95.4 Å². The molecule has 11 aromatic rings. The minimum Gasteiger partial charge on any atom is -0.328 e. The molecule has 5 aliphatic heterocycles. The van der Waals surface area contributed by atoms with Crippen molar-refractivity contribution in [3.63, 3.8) is 0 Å². The number of benzene rings is 4. The van der Waals surface area contributed by atoms with Gasteiger partial charge in [-0.3, -0.25) is 53.3 Å². The fraction of sp³-hybridized carbons (Fsp3) is 0.310. The van der Waals surface area contributed by atoms with E-state index in [0.717, 1.165) is 121 Å². The Kier molecular flexibility index (Phi) is 22.0. The van der Waals surface area contributed by atoms with Crippen LogP contribution in [0.4, 0.5) is 42.2 Å². The fourth-order valence-electron chi connectivity index (χ4n) is 13.9. The number of carbonyl (C=O) groups is 6. The van der Waals surface area contributed by atoms with Crippen LogP contribution in [0.2, 0.25) is 0 Å². The van der Waals surface area contributed by atoms with Gasteiger partial charge in [-0.25, -0.2) is 29.1 Å². The molecule has 5 saturated heterocycles. The molecule has 22 nitrogen and oxygen atoms in total. The van der Waals surface area contributed by atoms with E-state index in [1.54, 1.807) is 44.4 Å². The molecule has 22 heteroatoms. The maximum atomic E-state index is 12.4. The molecule has 7 aromatic heterocycles. The maximum Gasteiger partial charge on any atom is 0.327 e. The summed E-state index contributed by atoms with van der Waals surface area (Å²) in [5.41, 5.74) is 14.9. The molecular weight excluding hydrogens is 1330 g/mol. The lowest BCUT2D eigenvalue weighted by Crippen LogP contribution is -2.45. The van der Waals surface area contributed by atoms with E-state index < -0.39 is 0 Å². The molecule has 1 atom stereocenters. The first-order valence-electron chi connectivity index (χ1n) is 36.4. The van der Waals surface area contributed by atoms with E-state index in [-0.39, 0.29) is 42.0 Å². The summed E-state index contributed by atoms with van der Waals surface area (Å²) in [5.74, 6) is 3.40. The second-order valence-electron chi connectivity index (χ2n) is 29.0. The van der Waals surface area contributed by atoms with Gasteiger partial charge in [-0.05, 0) is 106 Å². The summed E-state index contributed by atoms with van der Waals surface area (Å²) in [6, 6.07) is 34.5. The summed E-state index contributed by atoms with van der Waals surface area (Å²) in [7, 11) is 0. The van der Waals surface area contributed by atoms with Gasteiger partial charge < -0.3 is 25.8 Å². The number of nitrogens with zero attached hydrogens (tertiary/aromatic N) is 11. The Morgan fingerprint density at radius 3 is 1.50 bits per heavy atom. The highest BCUT2D eigenvalue weighted by molar-refractivity contribution is 6.11. The Hall–Kier alpha value is -11.9. The Bertz CT molecular complexity index is 5290. The number of imide groups is 1. The zero-order valence-corrected chi connectivity index (χ0v) is 62.2. The number of hydrogen-bond donors (Lipinski definition) is 5. The lowest BCUT2D eigenvalue weighted by atomic mass is 9.96. The zero-order valence-electron chi connectivity index (χ0n) is 62.2. The van der Waals surface area contributed by atoms with Gasteiger partial charge >= 0.3 is 24.1 Å². The summed E-state index contributed by atoms with van der Waals surface area (Å²) < 4.78 is 6.01. The summed E-state index contributed by atoms with van der Waals surface area (Å²) in [4.78, 5) is 96.8. The number of hydrogen-bond acceptors (Lipinski definition) is 10. The largest absolute Gasteiger partial charge is 0.328 e. The standard InChI is InChI=1S/C20H20N2O2.2C17H19N3O.2C15H18N4O/c1-12(2)13-7-8-17-15(11-13)14-5-3-4-6-16(14)22(17)18-9-10-19(23)21-20(18)24;1-11(2)13-4-5-15-14(8-13)9-18-10-16(15)20-7-6-12(3)19-17(20)21;1-11(2)13-5-4-6-14-15(13)9-18-10-16(14)20-8-7-12(3)19-17(20)21;1-10(2)12-5-7-18-13(8-12)16-9-14(18)19-6-4-11(3)17-15(19)20;1-10(2)12-5-4-7-18-13(9-16-14(12)18)19-8-6-11(3)17-15(19)20/h3-8,11-12,18H,9-10H2,1-2H3,(H,21,23,24);4-5,8-11H,3,6-7H2,1-2H3,(H,19,21);4-6,9-11H,3,7-8H2,1-2H3,(H,19,21);5,7-10H,3-4,6H2,1-2H3,(H,17,20);4-5,7,9-10H,3,6,8H2,1-2H3,(H,17,20). The average Bonchev–Trinajstić information content (AvgIpc) is 1.58. The SMILES string of the molecule is C=C1CCN(c2cnc3c(C(C)C)cccn23)C(=O)N1.C=C1CCN(c2cnc3cc(C(C)C)ccn23)C(=O)N1.C=C1CCN(c2cncc3c(C(C)C)cccc23)C(=O)N1.C=C1CCN(c2cncc3cc(C(C)C)ccc23)C(=O)N1.CC(C)c1ccc2c(c1)c1ccccc1n2C1CCC(=O)NC1=O. The van der Waals surface area contributed by atoms with Crippen LogP contribution in [0.1, 0.15) is 171 Å². The van der Waals surface area contributed by atoms with Crippen LogP contribution >= 0.6 is 0 Å². The highest BCUT2D eigenvalue weighted by Gasteiger charge is 2.32. The number of para-hydroxylation sites is 1. The molecule has 0 saturated carbocycles. The Morgan fingerprint density at radius 1 is 0.406 bits per heavy atom. The molecule has 0 aliphatic carbocycles. The Balaban J connectivity index is 0.000000124. The number of urea groups is 4. The first-order chi connectivity index (χ1) is 50.8. The van der Waals surface area contributed by atoms with Gasteiger partial charge in [0.25, 0.3) is 0 Å². The second-order valence-corrected chi connectivity index (χ2v) is 29.0. The third kappa shape index (κ3) is 15.6. The van der Waals surface area contributed by atoms with Crippen molar-refractivity contribution in [2.45, 2.75) is 143 Å². The minimum atomic E-state index is -0.338. The van der Waals surface area contributed by atoms with E-state index in [0.29, 0.717) is 68.6 Å². The maximum absolute atomic E-state index is 12.4. The average molecular weight is 1420 g/mol. The molecule has 0 bridgehead atoms. The number of piperidine rings is 1. The van der Waals surface area contributed by atoms with E-state index >= 15 is 0 Å². The highest BCUT2D eigenvalue weighted by atomic mass is 16.2. The highest BCUT2D eigenvalue weighted by Crippen LogP contribution is 2.38. The number of amides is 10. The molecule has 10 amide bonds. The van der Waals surface area contributed by atoms with Gasteiger partial charge in [-0.15, -0.1) is 0 Å². The summed E-state index contributed by atoms with van der Waals surface area (Å²) in [6.07, 6.45) is 18.6. The van der Waals surface area contributed by atoms with Crippen molar-refractivity contribution in [3.8, 4) is 0 Å². The third-order valence-corrected chi connectivity index (χ3v) is 19.9. The van der Waals surface area contributed by atoms with Crippen molar-refractivity contribution in [2.24, 2.45) is 0 Å². The fourth-order valence-corrected chi connectivity index (χ4v) is 13.9. The molecule has 12 heterocycles. The van der Waals surface area contributed by atoms with Gasteiger partial charge in [0.1, 0.15) is 29.0 Å². The molecule has 5 aliphatic rings. The van der Waals surface area contributed by atoms with Gasteiger partial charge in [-0.1, -0.05) is 156 Å². The molecule has 1 unspecified atom stereocenters. The van der Waals surface area contributed by atoms with Crippen molar-refractivity contribution < 1.29 is 28.8 Å². The first-order valence-corrected chi connectivity index (χ1v) is 36.4. The lowest BCUT2D eigenvalue weighted by molar-refractivity contribution is -0.135. The molecule has 546 valence electrons. The quantitative estimate of drug-likeness (QED) is 0.0811. The number of rotatable bonds is 10. The number of fused-ring (bicyclic) bond motifs is 7. The van der Waals surface area contributed by atoms with Crippen LogP contribution in [0.5, 0.6) is 0 Å². The van der Waals surface area contributed by atoms with Crippen LogP contribution in [0.15, 0.2) is 202 Å². The van der Waals surface area contributed by atoms with Gasteiger partial charge in [0, 0.05) is 149 Å². The molecule has 0 radical (unpaired) electrons. The number of nitrogens with one attached hydrogen (secondary N) is 5. The predicted molar refractivity (Wildman–Crippen MR) is 424 cm³/mol. The van der Waals surface area contributed by atoms with Crippen molar-refractivity contribution in [1.82, 2.24) is 59.9 Å². The number of anilines is 4. The summed E-state index contributed by atoms with van der Waals surface area (Å²) in [6.45, 7) is 39.4. The van der Waals surface area contributed by atoms with Crippen LogP contribution in [0, 0.1) is 0 Å². The van der Waals surface area contributed by atoms with Crippen LogP contribution in [0.3, 0.4) is 0 Å². The van der Waals surface area contributed by atoms with Crippen LogP contribution in [0.25, 0.3) is 54.6 Å². The van der Waals surface area contributed by atoms with Gasteiger partial charge in [-0.2, -0.15) is 0 Å². The van der Waals surface area contributed by atoms with Crippen molar-refractivity contribution >= 4 is 114 Å². The molecule has 16 rings (SSSR count). The lowest BCUT2D eigenvalue weighted by Gasteiger charge is -2.29. The van der Waals surface area contributed by atoms with E-state index in [9.17, 15) is 28.8 Å². The monoisotopic (exact) mass is 1420 g/mol. The van der Waals surface area contributed by atoms with E-state index in [1.165, 1.54) is 33.2 Å². The number of carbonyl (C=O) groups excluding carboxylic acids is 6. The van der Waals surface area contributed by atoms with Gasteiger partial charge in [0.05, 0.1) is 36.2 Å². The summed E-state index contributed by atoms with van der Waals surface area (Å²) >= 11 is 0. The van der Waals surface area contributed by atoms with Gasteiger partial charge in [0.2, 0.25) is 11.8 Å². The zero-order chi connectivity index (χ0) is 75.4. The van der Waals surface area contributed by atoms with Crippen LogP contribution < -0.4 is 46.2 Å². The predicted octanol–water partition coefficient (Wildman–Crippen LogP) is 17.3. The van der Waals surface area contributed by atoms with E-state index in [4.69, 9.17) is 0 Å². The normalized spacial score (nSPS) is 16.5. The molecular formula is C84H94N16O6. The van der Waals surface area contributed by atoms with E-state index in [1.807, 2.05) is 63.9 Å². The first kappa shape index (κ1) is 73.8. The Morgan fingerprint density at radius 2 is 0.915 bits per heavy atom. The second kappa shape index (κ2) is 31.6. The Labute approximate surface area is 618 Å². The molecule has 0 spiro atoms. The number of imidazole rings is 2. The number of pyridine rings is 4. The molecule has 106 heavy (non-hydrogen) atoms. The van der Waals surface area contributed by atoms with Gasteiger partial charge in [0.15, 0.2) is 0 Å². The minimum absolute atomic E-state index is 0.129. The van der Waals surface area contributed by atoms with Crippen molar-refractivity contribution in [1.29, 1.82) is 0 Å². The molecule has 5 fully saturated rings. The topological polar surface area (TPSA) is 241 Å². The van der Waals surface area contributed by atoms with Crippen LogP contribution in [-0.2, 0) is 9.59 Å². The smallest absolute Gasteiger partial charge is 0.327 e.